The van der Waals surface area contributed by atoms with Gasteiger partial charge in [0.15, 0.2) is 12.6 Å². The van der Waals surface area contributed by atoms with Crippen LogP contribution in [0.25, 0.3) is 0 Å². The molecule has 6 aliphatic rings. The molecule has 16 atom stereocenters. The average molecular weight is 643 g/mol. The number of hydrogen-bond acceptors (Lipinski definition) is 12. The Morgan fingerprint density at radius 1 is 0.844 bits per heavy atom. The van der Waals surface area contributed by atoms with Crippen LogP contribution in [0.1, 0.15) is 71.6 Å². The van der Waals surface area contributed by atoms with Gasteiger partial charge < -0.3 is 59.8 Å². The summed E-state index contributed by atoms with van der Waals surface area (Å²) in [7, 11) is 0. The number of carboxylic acid groups (broad SMARTS) is 1. The summed E-state index contributed by atoms with van der Waals surface area (Å²) in [6.07, 6.45) is -8.44. The van der Waals surface area contributed by atoms with Crippen molar-refractivity contribution in [3.05, 3.63) is 12.2 Å². The third-order valence-electron chi connectivity index (χ3n) is 12.9. The van der Waals surface area contributed by atoms with Crippen molar-refractivity contribution in [1.82, 2.24) is 0 Å². The second kappa shape index (κ2) is 11.7. The Kier molecular flexibility index (Phi) is 8.77. The second-order valence-electron chi connectivity index (χ2n) is 15.2. The predicted octanol–water partition coefficient (Wildman–Crippen LogP) is -0.197. The van der Waals surface area contributed by atoms with Gasteiger partial charge in [-0.15, -0.1) is 0 Å². The highest BCUT2D eigenvalue weighted by molar-refractivity contribution is 5.75. The molecule has 4 aliphatic carbocycles. The maximum absolute atomic E-state index is 12.5. The molecule has 45 heavy (non-hydrogen) atoms. The predicted molar refractivity (Wildman–Crippen MR) is 154 cm³/mol. The van der Waals surface area contributed by atoms with Gasteiger partial charge in [0.25, 0.3) is 0 Å². The number of rotatable bonds is 7. The third kappa shape index (κ3) is 5.04. The lowest BCUT2D eigenvalue weighted by Gasteiger charge is -2.64. The minimum Gasteiger partial charge on any atom is -0.481 e. The summed E-state index contributed by atoms with van der Waals surface area (Å²) in [6.45, 7) is 7.33. The van der Waals surface area contributed by atoms with Gasteiger partial charge in [-0.1, -0.05) is 19.9 Å². The summed E-state index contributed by atoms with van der Waals surface area (Å²) in [4.78, 5) is 12.5. The van der Waals surface area contributed by atoms with E-state index in [1.165, 1.54) is 0 Å². The molecular weight excluding hydrogens is 592 g/mol. The average Bonchev–Trinajstić information content (AvgIpc) is 3.19. The van der Waals surface area contributed by atoms with E-state index in [-0.39, 0.29) is 22.7 Å². The fourth-order valence-corrected chi connectivity index (χ4v) is 10.6. The van der Waals surface area contributed by atoms with Gasteiger partial charge >= 0.3 is 5.97 Å². The summed E-state index contributed by atoms with van der Waals surface area (Å²) in [5.74, 6) is -0.392. The lowest BCUT2D eigenvalue weighted by Crippen LogP contribution is -2.65. The molecule has 6 rings (SSSR count). The lowest BCUT2D eigenvalue weighted by atomic mass is 9.41. The van der Waals surface area contributed by atoms with Gasteiger partial charge in [-0.25, -0.2) is 0 Å². The Labute approximate surface area is 262 Å². The molecular formula is C32H50O13. The van der Waals surface area contributed by atoms with E-state index in [4.69, 9.17) is 18.9 Å². The zero-order valence-electron chi connectivity index (χ0n) is 26.0. The van der Waals surface area contributed by atoms with Crippen LogP contribution in [-0.2, 0) is 23.7 Å². The van der Waals surface area contributed by atoms with E-state index in [9.17, 15) is 45.6 Å². The van der Waals surface area contributed by atoms with Crippen molar-refractivity contribution in [3.8, 4) is 0 Å². The molecule has 0 radical (unpaired) electrons. The molecule has 6 fully saturated rings. The largest absolute Gasteiger partial charge is 0.481 e. The monoisotopic (exact) mass is 642 g/mol. The molecule has 8 N–H and O–H groups in total. The van der Waals surface area contributed by atoms with Crippen LogP contribution in [0.3, 0.4) is 0 Å². The quantitative estimate of drug-likeness (QED) is 0.134. The molecule has 2 bridgehead atoms. The van der Waals surface area contributed by atoms with E-state index in [1.54, 1.807) is 0 Å². The number of carboxylic acids is 1. The first-order valence-corrected chi connectivity index (χ1v) is 16.3. The molecule has 2 saturated heterocycles. The Morgan fingerprint density at radius 3 is 2.11 bits per heavy atom. The van der Waals surface area contributed by atoms with Crippen LogP contribution in [0.2, 0.25) is 0 Å². The Morgan fingerprint density at radius 2 is 1.47 bits per heavy atom. The van der Waals surface area contributed by atoms with Crippen molar-refractivity contribution in [2.24, 2.45) is 28.1 Å². The zero-order valence-corrected chi connectivity index (χ0v) is 26.0. The molecule has 0 unspecified atom stereocenters. The smallest absolute Gasteiger partial charge is 0.309 e. The van der Waals surface area contributed by atoms with E-state index in [0.717, 1.165) is 37.7 Å². The number of aliphatic hydroxyl groups excluding tert-OH is 7. The molecule has 2 heterocycles. The van der Waals surface area contributed by atoms with Crippen LogP contribution >= 0.6 is 0 Å². The zero-order chi connectivity index (χ0) is 32.7. The number of carbonyl (C=O) groups is 1. The molecule has 0 amide bonds. The van der Waals surface area contributed by atoms with Gasteiger partial charge in [0, 0.05) is 0 Å². The molecule has 0 aromatic heterocycles. The van der Waals surface area contributed by atoms with Crippen molar-refractivity contribution >= 4 is 5.97 Å². The highest BCUT2D eigenvalue weighted by atomic mass is 16.8. The van der Waals surface area contributed by atoms with E-state index < -0.39 is 91.6 Å². The topological polar surface area (TPSA) is 216 Å². The fourth-order valence-electron chi connectivity index (χ4n) is 10.6. The van der Waals surface area contributed by atoms with Crippen molar-refractivity contribution in [2.45, 2.75) is 139 Å². The Balaban J connectivity index is 1.26. The second-order valence-corrected chi connectivity index (χ2v) is 15.2. The number of aliphatic hydroxyl groups is 7. The highest BCUT2D eigenvalue weighted by Crippen LogP contribution is 2.73. The molecule has 256 valence electrons. The van der Waals surface area contributed by atoms with Gasteiger partial charge in [0.2, 0.25) is 0 Å². The summed E-state index contributed by atoms with van der Waals surface area (Å²) >= 11 is 0. The van der Waals surface area contributed by atoms with Crippen LogP contribution in [0.4, 0.5) is 0 Å². The first-order chi connectivity index (χ1) is 21.2. The molecule has 4 saturated carbocycles. The Bertz CT molecular complexity index is 1150. The summed E-state index contributed by atoms with van der Waals surface area (Å²) in [5, 5.41) is 82.8. The fraction of sp³-hybridized carbons (Fsp3) is 0.906. The van der Waals surface area contributed by atoms with E-state index >= 15 is 0 Å². The molecule has 13 nitrogen and oxygen atoms in total. The van der Waals surface area contributed by atoms with Crippen molar-refractivity contribution < 1.29 is 64.6 Å². The minimum atomic E-state index is -1.76. The summed E-state index contributed by atoms with van der Waals surface area (Å²) in [6, 6.07) is 0. The van der Waals surface area contributed by atoms with Gasteiger partial charge in [-0.05, 0) is 86.5 Å². The minimum absolute atomic E-state index is 0.0640. The summed E-state index contributed by atoms with van der Waals surface area (Å²) < 4.78 is 24.1. The van der Waals surface area contributed by atoms with Crippen molar-refractivity contribution in [3.63, 3.8) is 0 Å². The maximum atomic E-state index is 12.5. The van der Waals surface area contributed by atoms with Gasteiger partial charge in [0.05, 0.1) is 24.2 Å². The maximum Gasteiger partial charge on any atom is 0.309 e. The van der Waals surface area contributed by atoms with E-state index in [2.05, 4.69) is 13.5 Å². The van der Waals surface area contributed by atoms with Crippen LogP contribution < -0.4 is 0 Å². The number of hydrogen-bond donors (Lipinski definition) is 8. The molecule has 0 aromatic carbocycles. The van der Waals surface area contributed by atoms with Crippen molar-refractivity contribution in [1.29, 1.82) is 0 Å². The van der Waals surface area contributed by atoms with Crippen molar-refractivity contribution in [2.75, 3.05) is 13.2 Å². The highest BCUT2D eigenvalue weighted by Gasteiger charge is 2.69. The van der Waals surface area contributed by atoms with Crippen LogP contribution in [0.5, 0.6) is 0 Å². The number of aliphatic carboxylic acids is 1. The van der Waals surface area contributed by atoms with Crippen LogP contribution in [0, 0.1) is 28.1 Å². The molecule has 1 spiro atoms. The van der Waals surface area contributed by atoms with E-state index in [0.29, 0.717) is 25.7 Å². The van der Waals surface area contributed by atoms with E-state index in [1.807, 2.05) is 6.92 Å². The first-order valence-electron chi connectivity index (χ1n) is 16.3. The first kappa shape index (κ1) is 33.7. The normalized spacial score (nSPS) is 54.7. The standard InChI is InChI=1S/C32H50O13/c1-15-11-31-9-5-18-29(2,7-4-8-30(18,3)28(40)41)19(31)6-10-32(15,14-31)45-27-25(23(38)21(36)17(13-34)43-27)44-26-24(39)22(37)20(35)16(12-33)42-26/h16-27,33-39H,1,4-14H2,2-3H3,(H,40,41)/t16-,17-,18+,19+,20-,21-,22+,23+,24-,25-,26+,27+,29-,30+,31-,32+/m1/s1. The summed E-state index contributed by atoms with van der Waals surface area (Å²) in [5.41, 5.74) is -1.10. The lowest BCUT2D eigenvalue weighted by molar-refractivity contribution is -0.378. The Hall–Kier alpha value is -1.23. The molecule has 0 aromatic rings. The van der Waals surface area contributed by atoms with Gasteiger partial charge in [0.1, 0.15) is 48.8 Å². The van der Waals surface area contributed by atoms with Crippen LogP contribution in [0.15, 0.2) is 12.2 Å². The molecule has 2 aliphatic heterocycles. The third-order valence-corrected chi connectivity index (χ3v) is 12.9. The number of fused-ring (bicyclic) bond motifs is 3. The van der Waals surface area contributed by atoms with Gasteiger partial charge in [-0.2, -0.15) is 0 Å². The number of ether oxygens (including phenoxy) is 4. The van der Waals surface area contributed by atoms with Crippen LogP contribution in [-0.4, -0.2) is 127 Å². The van der Waals surface area contributed by atoms with Gasteiger partial charge in [-0.3, -0.25) is 4.79 Å². The molecule has 13 heteroatoms. The SMILES string of the molecule is C=C1C[C@@]23CC[C@H]4[C@@](C)(CCC[C@]4(C)C(=O)O)[C@@H]2CC[C@]1(O[C@@H]1O[C@H](CO)[C@@H](O)[C@H](O)[C@H]1O[C@@H]1O[C@H](CO)[C@@H](O)[C@H](O)[C@H]1O)C3.